The molecule has 13 rings (SSSR count). The molecule has 0 radical (unpaired) electrons. The van der Waals surface area contributed by atoms with Gasteiger partial charge in [-0.1, -0.05) is 152 Å². The molecule has 0 aliphatic heterocycles. The van der Waals surface area contributed by atoms with E-state index in [1.54, 1.807) is 0 Å². The van der Waals surface area contributed by atoms with Crippen molar-refractivity contribution >= 4 is 65.4 Å². The number of hydrogen-bond acceptors (Lipinski definition) is 0. The molecule has 0 bridgehead atoms. The van der Waals surface area contributed by atoms with Gasteiger partial charge in [-0.15, -0.1) is 0 Å². The highest BCUT2D eigenvalue weighted by Gasteiger charge is 2.17. The Balaban J connectivity index is 0.945. The van der Waals surface area contributed by atoms with Gasteiger partial charge < -0.3 is 13.7 Å². The Bertz CT molecular complexity index is 3560. The van der Waals surface area contributed by atoms with Gasteiger partial charge in [0, 0.05) is 49.4 Å². The van der Waals surface area contributed by atoms with Crippen LogP contribution in [-0.4, -0.2) is 13.7 Å². The van der Waals surface area contributed by atoms with E-state index in [1.165, 1.54) is 98.8 Å². The number of rotatable bonds is 6. The van der Waals surface area contributed by atoms with E-state index in [9.17, 15) is 0 Å². The smallest absolute Gasteiger partial charge is 0.0541 e. The quantitative estimate of drug-likeness (QED) is 0.159. The van der Waals surface area contributed by atoms with Crippen LogP contribution in [0.25, 0.3) is 116 Å². The molecule has 0 aliphatic carbocycles. The van der Waals surface area contributed by atoms with Crippen LogP contribution in [0, 0.1) is 0 Å². The topological polar surface area (TPSA) is 14.8 Å². The second kappa shape index (κ2) is 14.1. The summed E-state index contributed by atoms with van der Waals surface area (Å²) in [6.45, 7) is 0. The first-order valence-corrected chi connectivity index (χ1v) is 21.7. The van der Waals surface area contributed by atoms with Crippen molar-refractivity contribution in [2.75, 3.05) is 0 Å². The highest BCUT2D eigenvalue weighted by atomic mass is 15.0. The molecule has 0 saturated heterocycles. The first-order chi connectivity index (χ1) is 31.2. The third-order valence-electron chi connectivity index (χ3n) is 13.1. The number of benzene rings is 10. The van der Waals surface area contributed by atoms with Gasteiger partial charge in [-0.2, -0.15) is 0 Å². The summed E-state index contributed by atoms with van der Waals surface area (Å²) in [6.07, 6.45) is 0. The molecule has 0 fully saturated rings. The zero-order valence-corrected chi connectivity index (χ0v) is 34.4. The van der Waals surface area contributed by atoms with Gasteiger partial charge in [0.15, 0.2) is 0 Å². The zero-order valence-electron chi connectivity index (χ0n) is 34.4. The molecule has 3 aromatic heterocycles. The fourth-order valence-corrected chi connectivity index (χ4v) is 10.1. The molecule has 0 saturated carbocycles. The average molecular weight is 802 g/mol. The van der Waals surface area contributed by atoms with Gasteiger partial charge in [-0.3, -0.25) is 0 Å². The molecule has 0 atom stereocenters. The fourth-order valence-electron chi connectivity index (χ4n) is 10.1. The Morgan fingerprint density at radius 1 is 0.175 bits per heavy atom. The number of hydrogen-bond donors (Lipinski definition) is 0. The van der Waals surface area contributed by atoms with Crippen molar-refractivity contribution in [2.24, 2.45) is 0 Å². The van der Waals surface area contributed by atoms with E-state index in [0.29, 0.717) is 0 Å². The Labute approximate surface area is 364 Å². The molecular formula is C60H39N3. The number of nitrogens with zero attached hydrogens (tertiary/aromatic N) is 3. The first-order valence-electron chi connectivity index (χ1n) is 21.7. The van der Waals surface area contributed by atoms with Crippen LogP contribution in [0.3, 0.4) is 0 Å². The molecular weight excluding hydrogens is 763 g/mol. The zero-order chi connectivity index (χ0) is 41.4. The van der Waals surface area contributed by atoms with Crippen molar-refractivity contribution in [3.05, 3.63) is 237 Å². The van der Waals surface area contributed by atoms with Crippen molar-refractivity contribution in [2.45, 2.75) is 0 Å². The summed E-state index contributed by atoms with van der Waals surface area (Å²) in [7, 11) is 0. The van der Waals surface area contributed by atoms with E-state index in [0.717, 1.165) is 17.1 Å². The molecule has 3 heterocycles. The molecule has 0 spiro atoms. The Morgan fingerprint density at radius 3 is 0.937 bits per heavy atom. The van der Waals surface area contributed by atoms with Crippen molar-refractivity contribution in [1.29, 1.82) is 0 Å². The maximum Gasteiger partial charge on any atom is 0.0541 e. The minimum atomic E-state index is 1.14. The second-order valence-corrected chi connectivity index (χ2v) is 16.5. The normalized spacial score (nSPS) is 11.8. The summed E-state index contributed by atoms with van der Waals surface area (Å²) < 4.78 is 7.19. The fraction of sp³-hybridized carbons (Fsp3) is 0. The Kier molecular flexibility index (Phi) is 7.91. The van der Waals surface area contributed by atoms with Gasteiger partial charge in [0.1, 0.15) is 0 Å². The monoisotopic (exact) mass is 801 g/mol. The standard InChI is InChI=1S/C60H39N3/c1-2-13-40(14-3-1)43-15-12-16-48(37-43)63-59-35-29-44(41-25-31-46(32-26-41)61-55-21-8-4-17-49(55)50-18-5-9-22-56(50)61)38-53(59)54-39-45(30-36-60(54)63)42-27-33-47(34-28-42)62-57-23-10-6-19-51(57)52-20-7-11-24-58(52)62/h1-39H. The maximum absolute atomic E-state index is 2.43. The van der Waals surface area contributed by atoms with Gasteiger partial charge in [-0.05, 0) is 118 Å². The number of para-hydroxylation sites is 4. The van der Waals surface area contributed by atoms with E-state index in [1.807, 2.05) is 0 Å². The van der Waals surface area contributed by atoms with Crippen LogP contribution < -0.4 is 0 Å². The van der Waals surface area contributed by atoms with Crippen LogP contribution in [0.4, 0.5) is 0 Å². The van der Waals surface area contributed by atoms with Gasteiger partial charge in [-0.25, -0.2) is 0 Å². The predicted octanol–water partition coefficient (Wildman–Crippen LogP) is 16.0. The lowest BCUT2D eigenvalue weighted by Crippen LogP contribution is -1.95. The van der Waals surface area contributed by atoms with Crippen LogP contribution in [0.15, 0.2) is 237 Å². The van der Waals surface area contributed by atoms with Crippen molar-refractivity contribution < 1.29 is 0 Å². The molecule has 3 nitrogen and oxygen atoms in total. The first kappa shape index (κ1) is 35.4. The summed E-state index contributed by atoms with van der Waals surface area (Å²) in [5.41, 5.74) is 17.8. The third-order valence-corrected chi connectivity index (χ3v) is 13.1. The van der Waals surface area contributed by atoms with Crippen LogP contribution in [-0.2, 0) is 0 Å². The lowest BCUT2D eigenvalue weighted by Gasteiger charge is -2.12. The van der Waals surface area contributed by atoms with Gasteiger partial charge in [0.05, 0.1) is 33.1 Å². The van der Waals surface area contributed by atoms with Crippen molar-refractivity contribution in [1.82, 2.24) is 13.7 Å². The molecule has 10 aromatic carbocycles. The molecule has 63 heavy (non-hydrogen) atoms. The summed E-state index contributed by atoms with van der Waals surface area (Å²) in [5, 5.41) is 7.53. The van der Waals surface area contributed by atoms with E-state index in [-0.39, 0.29) is 0 Å². The van der Waals surface area contributed by atoms with Crippen LogP contribution in [0.2, 0.25) is 0 Å². The summed E-state index contributed by atoms with van der Waals surface area (Å²) in [5.74, 6) is 0. The Hall–Kier alpha value is -8.40. The summed E-state index contributed by atoms with van der Waals surface area (Å²) in [6, 6.07) is 86.4. The molecule has 294 valence electrons. The van der Waals surface area contributed by atoms with Crippen LogP contribution in [0.1, 0.15) is 0 Å². The van der Waals surface area contributed by atoms with Crippen molar-refractivity contribution in [3.63, 3.8) is 0 Å². The van der Waals surface area contributed by atoms with E-state index >= 15 is 0 Å². The number of fused-ring (bicyclic) bond motifs is 9. The molecule has 0 unspecified atom stereocenters. The molecule has 0 aliphatic rings. The SMILES string of the molecule is c1ccc(-c2cccc(-n3c4ccc(-c5ccc(-n6c7ccccc7c7ccccc76)cc5)cc4c4cc(-c5ccc(-n6c7ccccc7c7ccccc76)cc5)ccc43)c2)cc1. The van der Waals surface area contributed by atoms with Gasteiger partial charge in [0.25, 0.3) is 0 Å². The van der Waals surface area contributed by atoms with E-state index in [2.05, 4.69) is 250 Å². The van der Waals surface area contributed by atoms with Gasteiger partial charge in [0.2, 0.25) is 0 Å². The molecule has 3 heteroatoms. The van der Waals surface area contributed by atoms with Crippen LogP contribution in [0.5, 0.6) is 0 Å². The highest BCUT2D eigenvalue weighted by molar-refractivity contribution is 6.13. The van der Waals surface area contributed by atoms with E-state index in [4.69, 9.17) is 0 Å². The maximum atomic E-state index is 2.43. The lowest BCUT2D eigenvalue weighted by atomic mass is 10.00. The summed E-state index contributed by atoms with van der Waals surface area (Å²) in [4.78, 5) is 0. The lowest BCUT2D eigenvalue weighted by molar-refractivity contribution is 1.18. The van der Waals surface area contributed by atoms with Crippen molar-refractivity contribution in [3.8, 4) is 50.4 Å². The highest BCUT2D eigenvalue weighted by Crippen LogP contribution is 2.40. The van der Waals surface area contributed by atoms with E-state index < -0.39 is 0 Å². The predicted molar refractivity (Wildman–Crippen MR) is 266 cm³/mol. The minimum Gasteiger partial charge on any atom is -0.309 e. The number of aromatic nitrogens is 3. The molecule has 13 aromatic rings. The second-order valence-electron chi connectivity index (χ2n) is 16.5. The summed E-state index contributed by atoms with van der Waals surface area (Å²) >= 11 is 0. The average Bonchev–Trinajstić information content (AvgIpc) is 4.00. The van der Waals surface area contributed by atoms with Crippen LogP contribution >= 0.6 is 0 Å². The third kappa shape index (κ3) is 5.60. The molecule has 0 amide bonds. The van der Waals surface area contributed by atoms with Gasteiger partial charge >= 0.3 is 0 Å². The molecule has 0 N–H and O–H groups in total. The largest absolute Gasteiger partial charge is 0.309 e. The Morgan fingerprint density at radius 2 is 0.492 bits per heavy atom. The minimum absolute atomic E-state index is 1.14.